The Hall–Kier alpha value is -2.18. The van der Waals surface area contributed by atoms with Crippen molar-refractivity contribution in [1.29, 1.82) is 0 Å². The number of aromatic amines is 1. The highest BCUT2D eigenvalue weighted by molar-refractivity contribution is 5.94. The number of morpholine rings is 1. The van der Waals surface area contributed by atoms with E-state index in [-0.39, 0.29) is 11.9 Å². The minimum atomic E-state index is -0.0668. The molecule has 1 aliphatic heterocycles. The van der Waals surface area contributed by atoms with Crippen molar-refractivity contribution in [2.75, 3.05) is 32.8 Å². The van der Waals surface area contributed by atoms with E-state index in [4.69, 9.17) is 4.74 Å². The molecule has 1 saturated heterocycles. The zero-order valence-electron chi connectivity index (χ0n) is 16.7. The molecule has 0 bridgehead atoms. The third kappa shape index (κ3) is 4.13. The number of rotatable bonds is 6. The zero-order chi connectivity index (χ0) is 19.3. The number of aryl methyl sites for hydroxylation is 2. The Labute approximate surface area is 166 Å². The maximum absolute atomic E-state index is 12.9. The molecule has 2 N–H and O–H groups in total. The Balaban J connectivity index is 1.48. The number of carbonyl (C=O) groups is 1. The number of aromatic nitrogens is 2. The highest BCUT2D eigenvalue weighted by atomic mass is 16.5. The molecule has 2 aliphatic rings. The molecular formula is C22H30N4O2. The third-order valence-corrected chi connectivity index (χ3v) is 5.99. The second kappa shape index (κ2) is 8.88. The lowest BCUT2D eigenvalue weighted by Gasteiger charge is -2.35. The van der Waals surface area contributed by atoms with Crippen LogP contribution in [0.2, 0.25) is 0 Å². The molecule has 0 spiro atoms. The second-order valence-electron chi connectivity index (χ2n) is 7.71. The number of benzene rings is 1. The molecule has 1 amide bonds. The summed E-state index contributed by atoms with van der Waals surface area (Å²) in [6.07, 6.45) is 5.27. The molecule has 1 atom stereocenters. The maximum Gasteiger partial charge on any atom is 0.272 e. The van der Waals surface area contributed by atoms with Crippen molar-refractivity contribution in [2.24, 2.45) is 0 Å². The summed E-state index contributed by atoms with van der Waals surface area (Å²) in [4.78, 5) is 15.3. The van der Waals surface area contributed by atoms with Crippen molar-refractivity contribution in [3.8, 4) is 0 Å². The summed E-state index contributed by atoms with van der Waals surface area (Å²) in [7, 11) is 0. The molecule has 0 radical (unpaired) electrons. The van der Waals surface area contributed by atoms with Crippen LogP contribution in [0.15, 0.2) is 24.3 Å². The van der Waals surface area contributed by atoms with Crippen LogP contribution in [0.1, 0.15) is 58.7 Å². The SMILES string of the molecule is CCc1ccc(C(CNC(=O)c2n[nH]c3c2CCCC3)N2CCOCC2)cc1. The van der Waals surface area contributed by atoms with Crippen LogP contribution in [0, 0.1) is 0 Å². The topological polar surface area (TPSA) is 70.2 Å². The van der Waals surface area contributed by atoms with E-state index in [0.717, 1.165) is 63.2 Å². The molecule has 28 heavy (non-hydrogen) atoms. The molecule has 150 valence electrons. The van der Waals surface area contributed by atoms with E-state index >= 15 is 0 Å². The average Bonchev–Trinajstić information content (AvgIpc) is 3.19. The summed E-state index contributed by atoms with van der Waals surface area (Å²) in [5.41, 5.74) is 5.40. The Morgan fingerprint density at radius 2 is 1.96 bits per heavy atom. The normalized spacial score (nSPS) is 18.5. The van der Waals surface area contributed by atoms with Crippen LogP contribution in [-0.4, -0.2) is 53.9 Å². The van der Waals surface area contributed by atoms with Crippen LogP contribution in [0.4, 0.5) is 0 Å². The fourth-order valence-electron chi connectivity index (χ4n) is 4.26. The molecule has 0 saturated carbocycles. The lowest BCUT2D eigenvalue weighted by atomic mass is 9.95. The van der Waals surface area contributed by atoms with Gasteiger partial charge in [0.15, 0.2) is 5.69 Å². The van der Waals surface area contributed by atoms with E-state index in [1.165, 1.54) is 17.5 Å². The van der Waals surface area contributed by atoms with Crippen molar-refractivity contribution in [3.05, 3.63) is 52.3 Å². The lowest BCUT2D eigenvalue weighted by molar-refractivity contribution is 0.0162. The fraction of sp³-hybridized carbons (Fsp3) is 0.545. The highest BCUT2D eigenvalue weighted by Gasteiger charge is 2.26. The first kappa shape index (κ1) is 19.2. The number of hydrogen-bond donors (Lipinski definition) is 2. The number of nitrogens with zero attached hydrogens (tertiary/aromatic N) is 2. The van der Waals surface area contributed by atoms with Gasteiger partial charge in [0.25, 0.3) is 5.91 Å². The van der Waals surface area contributed by atoms with Crippen molar-refractivity contribution in [3.63, 3.8) is 0 Å². The van der Waals surface area contributed by atoms with E-state index in [0.29, 0.717) is 12.2 Å². The van der Waals surface area contributed by atoms with Crippen molar-refractivity contribution >= 4 is 5.91 Å². The molecule has 1 aliphatic carbocycles. The van der Waals surface area contributed by atoms with E-state index in [1.807, 2.05) is 0 Å². The number of fused-ring (bicyclic) bond motifs is 1. The molecule has 1 unspecified atom stereocenters. The van der Waals surface area contributed by atoms with Gasteiger partial charge in [-0.05, 0) is 43.2 Å². The van der Waals surface area contributed by atoms with Gasteiger partial charge in [-0.15, -0.1) is 0 Å². The molecule has 2 aromatic rings. The Morgan fingerprint density at radius 3 is 2.71 bits per heavy atom. The molecule has 4 rings (SSSR count). The maximum atomic E-state index is 12.9. The smallest absolute Gasteiger partial charge is 0.272 e. The number of carbonyl (C=O) groups excluding carboxylic acids is 1. The van der Waals surface area contributed by atoms with Gasteiger partial charge in [-0.1, -0.05) is 31.2 Å². The predicted molar refractivity (Wildman–Crippen MR) is 109 cm³/mol. The molecular weight excluding hydrogens is 352 g/mol. The zero-order valence-corrected chi connectivity index (χ0v) is 16.7. The Bertz CT molecular complexity index is 793. The first-order chi connectivity index (χ1) is 13.8. The van der Waals surface area contributed by atoms with Crippen LogP contribution in [0.5, 0.6) is 0 Å². The van der Waals surface area contributed by atoms with Gasteiger partial charge in [-0.2, -0.15) is 5.10 Å². The van der Waals surface area contributed by atoms with Crippen LogP contribution in [-0.2, 0) is 24.0 Å². The predicted octanol–water partition coefficient (Wildman–Crippen LogP) is 2.65. The number of ether oxygens (including phenoxy) is 1. The first-order valence-corrected chi connectivity index (χ1v) is 10.5. The summed E-state index contributed by atoms with van der Waals surface area (Å²) in [5, 5.41) is 10.5. The molecule has 6 nitrogen and oxygen atoms in total. The standard InChI is InChI=1S/C22H30N4O2/c1-2-16-7-9-17(10-8-16)20(26-11-13-28-14-12-26)15-23-22(27)21-18-5-3-4-6-19(18)24-25-21/h7-10,20H,2-6,11-15H2,1H3,(H,23,27)(H,24,25). The first-order valence-electron chi connectivity index (χ1n) is 10.5. The van der Waals surface area contributed by atoms with Gasteiger partial charge in [0.1, 0.15) is 0 Å². The van der Waals surface area contributed by atoms with Crippen molar-refractivity contribution < 1.29 is 9.53 Å². The molecule has 1 fully saturated rings. The third-order valence-electron chi connectivity index (χ3n) is 5.99. The minimum Gasteiger partial charge on any atom is -0.379 e. The fourth-order valence-corrected chi connectivity index (χ4v) is 4.26. The van der Waals surface area contributed by atoms with Crippen LogP contribution in [0.3, 0.4) is 0 Å². The van der Waals surface area contributed by atoms with Gasteiger partial charge in [0.2, 0.25) is 0 Å². The van der Waals surface area contributed by atoms with Crippen LogP contribution in [0.25, 0.3) is 0 Å². The summed E-state index contributed by atoms with van der Waals surface area (Å²) in [6, 6.07) is 8.92. The van der Waals surface area contributed by atoms with E-state index < -0.39 is 0 Å². The highest BCUT2D eigenvalue weighted by Crippen LogP contribution is 2.24. The monoisotopic (exact) mass is 382 g/mol. The number of amides is 1. The summed E-state index contributed by atoms with van der Waals surface area (Å²) < 4.78 is 5.53. The number of hydrogen-bond acceptors (Lipinski definition) is 4. The van der Waals surface area contributed by atoms with Gasteiger partial charge < -0.3 is 10.1 Å². The summed E-state index contributed by atoms with van der Waals surface area (Å²) in [6.45, 7) is 5.99. The van der Waals surface area contributed by atoms with Crippen molar-refractivity contribution in [1.82, 2.24) is 20.4 Å². The lowest BCUT2D eigenvalue weighted by Crippen LogP contribution is -2.44. The summed E-state index contributed by atoms with van der Waals surface area (Å²) in [5.74, 6) is -0.0668. The second-order valence-corrected chi connectivity index (χ2v) is 7.71. The molecule has 6 heteroatoms. The summed E-state index contributed by atoms with van der Waals surface area (Å²) >= 11 is 0. The Morgan fingerprint density at radius 1 is 1.21 bits per heavy atom. The van der Waals surface area contributed by atoms with E-state index in [2.05, 4.69) is 51.6 Å². The number of H-pyrrole nitrogens is 1. The molecule has 2 heterocycles. The van der Waals surface area contributed by atoms with Gasteiger partial charge in [0, 0.05) is 30.9 Å². The van der Waals surface area contributed by atoms with Gasteiger partial charge >= 0.3 is 0 Å². The molecule has 1 aromatic carbocycles. The van der Waals surface area contributed by atoms with Crippen LogP contribution >= 0.6 is 0 Å². The Kier molecular flexibility index (Phi) is 6.07. The van der Waals surface area contributed by atoms with E-state index in [1.54, 1.807) is 0 Å². The van der Waals surface area contributed by atoms with Gasteiger partial charge in [-0.3, -0.25) is 14.8 Å². The van der Waals surface area contributed by atoms with Gasteiger partial charge in [-0.25, -0.2) is 0 Å². The minimum absolute atomic E-state index is 0.0668. The van der Waals surface area contributed by atoms with Crippen molar-refractivity contribution in [2.45, 2.75) is 45.1 Å². The van der Waals surface area contributed by atoms with Crippen LogP contribution < -0.4 is 5.32 Å². The largest absolute Gasteiger partial charge is 0.379 e. The quantitative estimate of drug-likeness (QED) is 0.806. The average molecular weight is 383 g/mol. The van der Waals surface area contributed by atoms with E-state index in [9.17, 15) is 4.79 Å². The van der Waals surface area contributed by atoms with Gasteiger partial charge in [0.05, 0.1) is 19.3 Å². The number of nitrogens with one attached hydrogen (secondary N) is 2. The molecule has 1 aromatic heterocycles.